The zero-order chi connectivity index (χ0) is 21.5. The van der Waals surface area contributed by atoms with Gasteiger partial charge in [0.25, 0.3) is 11.8 Å². The van der Waals surface area contributed by atoms with Gasteiger partial charge in [-0.1, -0.05) is 72.4 Å². The molecule has 2 N–H and O–H groups in total. The van der Waals surface area contributed by atoms with Crippen molar-refractivity contribution in [2.24, 2.45) is 0 Å². The Morgan fingerprint density at radius 3 is 1.65 bits per heavy atom. The molecule has 5 heteroatoms. The Labute approximate surface area is 185 Å². The van der Waals surface area contributed by atoms with E-state index in [1.807, 2.05) is 78.9 Å². The van der Waals surface area contributed by atoms with Crippen LogP contribution in [0.2, 0.25) is 0 Å². The quantitative estimate of drug-likeness (QED) is 0.380. The molecule has 0 saturated heterocycles. The number of hydrogen-bond acceptors (Lipinski definition) is 3. The third-order valence-corrected chi connectivity index (χ3v) is 5.62. The molecule has 0 radical (unpaired) electrons. The van der Waals surface area contributed by atoms with Gasteiger partial charge in [-0.05, 0) is 48.5 Å². The minimum Gasteiger partial charge on any atom is -0.320 e. The Morgan fingerprint density at radius 1 is 0.548 bits per heavy atom. The highest BCUT2D eigenvalue weighted by Crippen LogP contribution is 2.38. The Hall–Kier alpha value is -3.83. The van der Waals surface area contributed by atoms with Crippen LogP contribution < -0.4 is 10.6 Å². The topological polar surface area (TPSA) is 58.2 Å². The lowest BCUT2D eigenvalue weighted by molar-refractivity contribution is 0.101. The van der Waals surface area contributed by atoms with Gasteiger partial charge < -0.3 is 10.6 Å². The summed E-state index contributed by atoms with van der Waals surface area (Å²) >= 11 is 1.52. The minimum atomic E-state index is -0.239. The zero-order valence-corrected chi connectivity index (χ0v) is 17.4. The maximum atomic E-state index is 12.9. The minimum absolute atomic E-state index is 0.238. The summed E-state index contributed by atoms with van der Waals surface area (Å²) in [6.45, 7) is 0. The van der Waals surface area contributed by atoms with Crippen molar-refractivity contribution in [2.75, 3.05) is 10.6 Å². The number of rotatable bonds is 6. The van der Waals surface area contributed by atoms with Crippen LogP contribution >= 0.6 is 11.8 Å². The Bertz CT molecular complexity index is 1180. The summed E-state index contributed by atoms with van der Waals surface area (Å²) in [7, 11) is 0. The SMILES string of the molecule is O=C(Nc1cccc(Sc2ccccc2)c1NC(=O)c1ccccc1)c1ccccc1. The van der Waals surface area contributed by atoms with Gasteiger partial charge in [-0.25, -0.2) is 0 Å². The van der Waals surface area contributed by atoms with Gasteiger partial charge in [0.1, 0.15) is 0 Å². The summed E-state index contributed by atoms with van der Waals surface area (Å²) < 4.78 is 0. The monoisotopic (exact) mass is 424 g/mol. The van der Waals surface area contributed by atoms with Gasteiger partial charge in [0, 0.05) is 20.9 Å². The molecule has 0 spiro atoms. The molecule has 0 aromatic heterocycles. The third kappa shape index (κ3) is 5.21. The highest BCUT2D eigenvalue weighted by molar-refractivity contribution is 7.99. The molecule has 4 aromatic rings. The van der Waals surface area contributed by atoms with Crippen LogP contribution in [0.5, 0.6) is 0 Å². The van der Waals surface area contributed by atoms with Crippen LogP contribution in [-0.2, 0) is 0 Å². The molecule has 0 bridgehead atoms. The molecule has 0 atom stereocenters. The average molecular weight is 425 g/mol. The Kier molecular flexibility index (Phi) is 6.45. The summed E-state index contributed by atoms with van der Waals surface area (Å²) in [6.07, 6.45) is 0. The number of hydrogen-bond donors (Lipinski definition) is 2. The number of amides is 2. The van der Waals surface area contributed by atoms with E-state index in [2.05, 4.69) is 10.6 Å². The molecule has 4 nitrogen and oxygen atoms in total. The van der Waals surface area contributed by atoms with E-state index in [0.717, 1.165) is 9.79 Å². The molecule has 0 aliphatic heterocycles. The predicted molar refractivity (Wildman–Crippen MR) is 126 cm³/mol. The highest BCUT2D eigenvalue weighted by Gasteiger charge is 2.16. The van der Waals surface area contributed by atoms with Crippen molar-refractivity contribution in [2.45, 2.75) is 9.79 Å². The van der Waals surface area contributed by atoms with Gasteiger partial charge in [-0.2, -0.15) is 0 Å². The molecule has 0 saturated carbocycles. The maximum Gasteiger partial charge on any atom is 0.255 e. The highest BCUT2D eigenvalue weighted by atomic mass is 32.2. The standard InChI is InChI=1S/C26H20N2O2S/c29-25(19-11-4-1-5-12-19)27-22-17-10-18-23(31-21-15-8-3-9-16-21)24(22)28-26(30)20-13-6-2-7-14-20/h1-18H,(H,27,29)(H,28,30). The smallest absolute Gasteiger partial charge is 0.255 e. The van der Waals surface area contributed by atoms with Crippen molar-refractivity contribution in [3.05, 3.63) is 120 Å². The van der Waals surface area contributed by atoms with Crippen molar-refractivity contribution in [1.82, 2.24) is 0 Å². The summed E-state index contributed by atoms with van der Waals surface area (Å²) in [5.74, 6) is -0.477. The van der Waals surface area contributed by atoms with Crippen LogP contribution in [0.25, 0.3) is 0 Å². The van der Waals surface area contributed by atoms with Crippen LogP contribution in [0.1, 0.15) is 20.7 Å². The van der Waals surface area contributed by atoms with Gasteiger partial charge in [-0.15, -0.1) is 0 Å². The van der Waals surface area contributed by atoms with Crippen molar-refractivity contribution in [3.63, 3.8) is 0 Å². The van der Waals surface area contributed by atoms with Crippen molar-refractivity contribution >= 4 is 35.0 Å². The normalized spacial score (nSPS) is 10.3. The van der Waals surface area contributed by atoms with Crippen LogP contribution in [0.15, 0.2) is 119 Å². The summed E-state index contributed by atoms with van der Waals surface area (Å²) in [5, 5.41) is 5.94. The van der Waals surface area contributed by atoms with E-state index < -0.39 is 0 Å². The number of nitrogens with one attached hydrogen (secondary N) is 2. The largest absolute Gasteiger partial charge is 0.320 e. The first-order valence-corrected chi connectivity index (χ1v) is 10.6. The Morgan fingerprint density at radius 2 is 1.06 bits per heavy atom. The molecule has 4 aromatic carbocycles. The molecule has 4 rings (SSSR count). The third-order valence-electron chi connectivity index (χ3n) is 4.56. The molecule has 152 valence electrons. The molecule has 0 aliphatic rings. The van der Waals surface area contributed by atoms with Gasteiger partial charge in [0.05, 0.1) is 11.4 Å². The van der Waals surface area contributed by atoms with Crippen molar-refractivity contribution in [3.8, 4) is 0 Å². The first kappa shape index (κ1) is 20.4. The molecule has 0 unspecified atom stereocenters. The molecule has 2 amide bonds. The van der Waals surface area contributed by atoms with E-state index in [1.165, 1.54) is 11.8 Å². The fourth-order valence-electron chi connectivity index (χ4n) is 3.02. The molecule has 0 aliphatic carbocycles. The molecular weight excluding hydrogens is 404 g/mol. The van der Waals surface area contributed by atoms with Crippen LogP contribution in [-0.4, -0.2) is 11.8 Å². The fourth-order valence-corrected chi connectivity index (χ4v) is 3.98. The second-order valence-electron chi connectivity index (χ2n) is 6.73. The zero-order valence-electron chi connectivity index (χ0n) is 16.6. The van der Waals surface area contributed by atoms with Crippen molar-refractivity contribution in [1.29, 1.82) is 0 Å². The van der Waals surface area contributed by atoms with Crippen molar-refractivity contribution < 1.29 is 9.59 Å². The van der Waals surface area contributed by atoms with Gasteiger partial charge in [-0.3, -0.25) is 9.59 Å². The lowest BCUT2D eigenvalue weighted by atomic mass is 10.2. The summed E-state index contributed by atoms with van der Waals surface area (Å²) in [6, 6.07) is 33.5. The second-order valence-corrected chi connectivity index (χ2v) is 7.85. The van der Waals surface area contributed by atoms with E-state index >= 15 is 0 Å². The number of para-hydroxylation sites is 1. The number of anilines is 2. The molecule has 0 fully saturated rings. The van der Waals surface area contributed by atoms with E-state index in [4.69, 9.17) is 0 Å². The summed E-state index contributed by atoms with van der Waals surface area (Å²) in [4.78, 5) is 27.5. The Balaban J connectivity index is 1.68. The van der Waals surface area contributed by atoms with Gasteiger partial charge >= 0.3 is 0 Å². The van der Waals surface area contributed by atoms with E-state index in [1.54, 1.807) is 30.3 Å². The lowest BCUT2D eigenvalue weighted by Crippen LogP contribution is -2.17. The van der Waals surface area contributed by atoms with Gasteiger partial charge in [0.2, 0.25) is 0 Å². The predicted octanol–water partition coefficient (Wildman–Crippen LogP) is 6.34. The molecule has 31 heavy (non-hydrogen) atoms. The van der Waals surface area contributed by atoms with E-state index in [-0.39, 0.29) is 11.8 Å². The lowest BCUT2D eigenvalue weighted by Gasteiger charge is -2.16. The maximum absolute atomic E-state index is 12.9. The van der Waals surface area contributed by atoms with E-state index in [9.17, 15) is 9.59 Å². The number of benzene rings is 4. The van der Waals surface area contributed by atoms with Crippen LogP contribution in [0.4, 0.5) is 11.4 Å². The first-order valence-electron chi connectivity index (χ1n) is 9.79. The van der Waals surface area contributed by atoms with Gasteiger partial charge in [0.15, 0.2) is 0 Å². The average Bonchev–Trinajstić information content (AvgIpc) is 2.83. The number of carbonyl (C=O) groups is 2. The first-order chi connectivity index (χ1) is 15.2. The van der Waals surface area contributed by atoms with Crippen LogP contribution in [0, 0.1) is 0 Å². The fraction of sp³-hybridized carbons (Fsp3) is 0. The van der Waals surface area contributed by atoms with Crippen LogP contribution in [0.3, 0.4) is 0 Å². The van der Waals surface area contributed by atoms with E-state index in [0.29, 0.717) is 22.5 Å². The summed E-state index contributed by atoms with van der Waals surface area (Å²) in [5.41, 5.74) is 2.19. The molecular formula is C26H20N2O2S. The number of carbonyl (C=O) groups excluding carboxylic acids is 2. The molecule has 0 heterocycles. The second kappa shape index (κ2) is 9.78.